The zero-order valence-electron chi connectivity index (χ0n) is 14.6. The quantitative estimate of drug-likeness (QED) is 0.696. The second-order valence-electron chi connectivity index (χ2n) is 5.56. The topological polar surface area (TPSA) is 78.5 Å². The van der Waals surface area contributed by atoms with E-state index in [1.807, 2.05) is 13.0 Å². The SMILES string of the molecule is CCCNC(=O)[C@H](C)NC(=O)c1ccccc1SCC(=O)N(C)C. The van der Waals surface area contributed by atoms with Gasteiger partial charge in [0, 0.05) is 25.5 Å². The first-order chi connectivity index (χ1) is 11.4. The fraction of sp³-hybridized carbons (Fsp3) is 0.471. The molecule has 7 heteroatoms. The van der Waals surface area contributed by atoms with E-state index < -0.39 is 6.04 Å². The van der Waals surface area contributed by atoms with Gasteiger partial charge in [-0.15, -0.1) is 11.8 Å². The van der Waals surface area contributed by atoms with Crippen molar-refractivity contribution in [3.8, 4) is 0 Å². The molecule has 0 heterocycles. The molecule has 24 heavy (non-hydrogen) atoms. The standard InChI is InChI=1S/C17H25N3O3S/c1-5-10-18-16(22)12(2)19-17(23)13-8-6-7-9-14(13)24-11-15(21)20(3)4/h6-9,12H,5,10-11H2,1-4H3,(H,18,22)(H,19,23)/t12-/m0/s1. The van der Waals surface area contributed by atoms with Gasteiger partial charge in [0.25, 0.3) is 5.91 Å². The Morgan fingerprint density at radius 2 is 1.88 bits per heavy atom. The van der Waals surface area contributed by atoms with E-state index in [1.165, 1.54) is 16.7 Å². The molecule has 0 saturated heterocycles. The van der Waals surface area contributed by atoms with Gasteiger partial charge in [-0.1, -0.05) is 19.1 Å². The lowest BCUT2D eigenvalue weighted by molar-refractivity contribution is -0.126. The van der Waals surface area contributed by atoms with Crippen molar-refractivity contribution in [2.24, 2.45) is 0 Å². The summed E-state index contributed by atoms with van der Waals surface area (Å²) in [5.74, 6) is -0.306. The van der Waals surface area contributed by atoms with E-state index in [9.17, 15) is 14.4 Å². The van der Waals surface area contributed by atoms with Crippen LogP contribution in [0.4, 0.5) is 0 Å². The van der Waals surface area contributed by atoms with Crippen LogP contribution < -0.4 is 10.6 Å². The average Bonchev–Trinajstić information content (AvgIpc) is 2.57. The first-order valence-corrected chi connectivity index (χ1v) is 8.86. The number of nitrogens with zero attached hydrogens (tertiary/aromatic N) is 1. The first-order valence-electron chi connectivity index (χ1n) is 7.87. The van der Waals surface area contributed by atoms with Gasteiger partial charge >= 0.3 is 0 Å². The second kappa shape index (κ2) is 9.97. The number of rotatable bonds is 8. The first kappa shape index (κ1) is 20.0. The number of hydrogen-bond donors (Lipinski definition) is 2. The molecule has 0 fully saturated rings. The number of hydrogen-bond acceptors (Lipinski definition) is 4. The summed E-state index contributed by atoms with van der Waals surface area (Å²) in [6.45, 7) is 4.19. The van der Waals surface area contributed by atoms with Crippen LogP contribution in [0.2, 0.25) is 0 Å². The predicted octanol–water partition coefficient (Wildman–Crippen LogP) is 1.51. The predicted molar refractivity (Wildman–Crippen MR) is 96.1 cm³/mol. The maximum atomic E-state index is 12.4. The minimum atomic E-state index is -0.620. The maximum Gasteiger partial charge on any atom is 0.253 e. The fourth-order valence-electron chi connectivity index (χ4n) is 1.79. The molecular weight excluding hydrogens is 326 g/mol. The summed E-state index contributed by atoms with van der Waals surface area (Å²) in [6, 6.07) is 6.44. The zero-order valence-corrected chi connectivity index (χ0v) is 15.4. The molecule has 1 atom stereocenters. The molecule has 0 aliphatic heterocycles. The van der Waals surface area contributed by atoms with E-state index >= 15 is 0 Å². The summed E-state index contributed by atoms with van der Waals surface area (Å²) in [5.41, 5.74) is 0.462. The highest BCUT2D eigenvalue weighted by Gasteiger charge is 2.18. The number of thioether (sulfide) groups is 1. The van der Waals surface area contributed by atoms with Gasteiger partial charge < -0.3 is 15.5 Å². The van der Waals surface area contributed by atoms with Crippen molar-refractivity contribution in [1.82, 2.24) is 15.5 Å². The Morgan fingerprint density at radius 3 is 2.50 bits per heavy atom. The summed E-state index contributed by atoms with van der Waals surface area (Å²) in [6.07, 6.45) is 0.839. The van der Waals surface area contributed by atoms with E-state index in [2.05, 4.69) is 10.6 Å². The van der Waals surface area contributed by atoms with Crippen LogP contribution in [0.5, 0.6) is 0 Å². The van der Waals surface area contributed by atoms with Crippen molar-refractivity contribution in [1.29, 1.82) is 0 Å². The van der Waals surface area contributed by atoms with Gasteiger partial charge in [0.15, 0.2) is 0 Å². The minimum Gasteiger partial charge on any atom is -0.354 e. The van der Waals surface area contributed by atoms with E-state index in [-0.39, 0.29) is 23.5 Å². The number of carbonyl (C=O) groups is 3. The van der Waals surface area contributed by atoms with Crippen molar-refractivity contribution in [2.75, 3.05) is 26.4 Å². The Labute approximate surface area is 147 Å². The molecule has 0 bridgehead atoms. The van der Waals surface area contributed by atoms with Gasteiger partial charge in [0.2, 0.25) is 11.8 Å². The molecule has 1 aromatic rings. The van der Waals surface area contributed by atoms with Crippen molar-refractivity contribution in [2.45, 2.75) is 31.2 Å². The van der Waals surface area contributed by atoms with Crippen molar-refractivity contribution < 1.29 is 14.4 Å². The van der Waals surface area contributed by atoms with Crippen LogP contribution in [0.15, 0.2) is 29.2 Å². The van der Waals surface area contributed by atoms with Gasteiger partial charge in [-0.2, -0.15) is 0 Å². The molecular formula is C17H25N3O3S. The highest BCUT2D eigenvalue weighted by molar-refractivity contribution is 8.00. The van der Waals surface area contributed by atoms with Gasteiger partial charge in [-0.3, -0.25) is 14.4 Å². The highest BCUT2D eigenvalue weighted by Crippen LogP contribution is 2.22. The summed E-state index contributed by atoms with van der Waals surface area (Å²) in [5, 5.41) is 5.44. The Kier molecular flexibility index (Phi) is 8.32. The summed E-state index contributed by atoms with van der Waals surface area (Å²) >= 11 is 1.31. The molecule has 0 radical (unpaired) electrons. The maximum absolute atomic E-state index is 12.4. The number of nitrogens with one attached hydrogen (secondary N) is 2. The lowest BCUT2D eigenvalue weighted by Gasteiger charge is -2.16. The molecule has 0 spiro atoms. The van der Waals surface area contributed by atoms with Crippen molar-refractivity contribution >= 4 is 29.5 Å². The van der Waals surface area contributed by atoms with E-state index in [1.54, 1.807) is 39.2 Å². The Balaban J connectivity index is 2.73. The fourth-order valence-corrected chi connectivity index (χ4v) is 2.82. The number of amides is 3. The third-order valence-corrected chi connectivity index (χ3v) is 4.33. The number of carbonyl (C=O) groups excluding carboxylic acids is 3. The van der Waals surface area contributed by atoms with Crippen molar-refractivity contribution in [3.05, 3.63) is 29.8 Å². The molecule has 1 aromatic carbocycles. The van der Waals surface area contributed by atoms with Crippen LogP contribution in [-0.2, 0) is 9.59 Å². The molecule has 6 nitrogen and oxygen atoms in total. The Hall–Kier alpha value is -2.02. The molecule has 0 aliphatic carbocycles. The van der Waals surface area contributed by atoms with Crippen LogP contribution in [-0.4, -0.2) is 55.1 Å². The zero-order chi connectivity index (χ0) is 18.1. The van der Waals surface area contributed by atoms with Gasteiger partial charge in [0.05, 0.1) is 11.3 Å². The lowest BCUT2D eigenvalue weighted by atomic mass is 10.2. The normalized spacial score (nSPS) is 11.5. The van der Waals surface area contributed by atoms with Crippen molar-refractivity contribution in [3.63, 3.8) is 0 Å². The van der Waals surface area contributed by atoms with Crippen LogP contribution in [0.1, 0.15) is 30.6 Å². The van der Waals surface area contributed by atoms with Crippen LogP contribution in [0, 0.1) is 0 Å². The monoisotopic (exact) mass is 351 g/mol. The van der Waals surface area contributed by atoms with Gasteiger partial charge in [-0.25, -0.2) is 0 Å². The summed E-state index contributed by atoms with van der Waals surface area (Å²) in [4.78, 5) is 38.2. The second-order valence-corrected chi connectivity index (χ2v) is 6.58. The molecule has 0 unspecified atom stereocenters. The molecule has 132 valence electrons. The van der Waals surface area contributed by atoms with Crippen LogP contribution in [0.25, 0.3) is 0 Å². The third kappa shape index (κ3) is 6.23. The van der Waals surface area contributed by atoms with E-state index in [0.29, 0.717) is 17.0 Å². The molecule has 1 rings (SSSR count). The number of benzene rings is 1. The lowest BCUT2D eigenvalue weighted by Crippen LogP contribution is -2.45. The Morgan fingerprint density at radius 1 is 1.21 bits per heavy atom. The smallest absolute Gasteiger partial charge is 0.253 e. The van der Waals surface area contributed by atoms with E-state index in [4.69, 9.17) is 0 Å². The van der Waals surface area contributed by atoms with E-state index in [0.717, 1.165) is 6.42 Å². The molecule has 0 saturated carbocycles. The summed E-state index contributed by atoms with van der Waals surface area (Å²) < 4.78 is 0. The summed E-state index contributed by atoms with van der Waals surface area (Å²) in [7, 11) is 3.39. The van der Waals surface area contributed by atoms with Gasteiger partial charge in [-0.05, 0) is 25.5 Å². The molecule has 0 aromatic heterocycles. The highest BCUT2D eigenvalue weighted by atomic mass is 32.2. The van der Waals surface area contributed by atoms with Crippen LogP contribution in [0.3, 0.4) is 0 Å². The molecule has 2 N–H and O–H groups in total. The third-order valence-electron chi connectivity index (χ3n) is 3.27. The minimum absolute atomic E-state index is 0.0254. The Bertz CT molecular complexity index is 590. The van der Waals surface area contributed by atoms with Gasteiger partial charge in [0.1, 0.15) is 6.04 Å². The van der Waals surface area contributed by atoms with Crippen LogP contribution >= 0.6 is 11.8 Å². The largest absolute Gasteiger partial charge is 0.354 e. The molecule has 0 aliphatic rings. The molecule has 3 amide bonds. The average molecular weight is 351 g/mol.